The van der Waals surface area contributed by atoms with Gasteiger partial charge in [-0.3, -0.25) is 61.1 Å². The minimum atomic E-state index is -6.68. The Morgan fingerprint density at radius 3 is 1.14 bits per heavy atom. The molecule has 0 radical (unpaired) electrons. The molecule has 40 nitrogen and oxygen atoms in total. The van der Waals surface area contributed by atoms with E-state index in [2.05, 4.69) is 34.3 Å². The van der Waals surface area contributed by atoms with Crippen LogP contribution in [-0.2, 0) is 160 Å². The molecule has 142 heavy (non-hydrogen) atoms. The first-order valence-electron chi connectivity index (χ1n) is 40.8. The Bertz CT molecular complexity index is 4960. The number of hydrogen-bond donors (Lipinski definition) is 7. The second-order valence-electron chi connectivity index (χ2n) is 32.6. The van der Waals surface area contributed by atoms with E-state index in [1.165, 1.54) is 34.7 Å². The van der Waals surface area contributed by atoms with Crippen LogP contribution >= 0.6 is 23.5 Å². The lowest BCUT2D eigenvalue weighted by molar-refractivity contribution is -0.209. The van der Waals surface area contributed by atoms with Crippen LogP contribution in [0.2, 0.25) is 0 Å². The van der Waals surface area contributed by atoms with Crippen molar-refractivity contribution in [1.29, 1.82) is 0 Å². The third kappa shape index (κ3) is 31.2. The molecule has 2 saturated carbocycles. The van der Waals surface area contributed by atoms with Gasteiger partial charge >= 0.3 is 148 Å². The number of nitrogens with one attached hydrogen (secondary N) is 2. The average Bonchev–Trinajstić information content (AvgIpc) is 1.45. The summed E-state index contributed by atoms with van der Waals surface area (Å²) in [5.74, 6) is -46.3. The van der Waals surface area contributed by atoms with E-state index in [1.54, 1.807) is 6.92 Å². The van der Waals surface area contributed by atoms with E-state index in [-0.39, 0.29) is 100 Å². The lowest BCUT2D eigenvalue weighted by Gasteiger charge is -2.32. The maximum absolute atomic E-state index is 14.8. The summed E-state index contributed by atoms with van der Waals surface area (Å²) in [6.45, 7) is 6.98. The molecule has 65 heteroatoms. The number of likely N-dealkylation sites (N-methyl/N-ethyl adjacent to an activating group) is 1. The molecule has 0 aromatic heterocycles. The van der Waals surface area contributed by atoms with E-state index in [9.17, 15) is 179 Å². The van der Waals surface area contributed by atoms with Gasteiger partial charge in [0.25, 0.3) is 0 Å². The number of halogens is 18. The van der Waals surface area contributed by atoms with Gasteiger partial charge in [0.05, 0.1) is 63.3 Å². The standard InChI is InChI=1S/C21H31F4NO6S.C16H16F4O12S.C14H20F4O7S2.C11H17F2NO6S.C10H12F4O7S2.5CH3/c22-20(23,21(24,25)33(29,30)31)15-12-17(16(27)11-13-7-3-1-4-8-13)32-18(15)19(28)26-14-9-5-2-6-10-14;17-15(18,16(19,20)33(25,26)27)6-5-9(13(23)31-7-1-3-28-11(7)21)30-10(6)14(24)32-8-2-4-29-12(8)22;1-6(2)24-11(19)9-5-8(10(26-9)12(20)25-7(3)4)13(15,16)14(17,18)27(21,22)23;1-3-7(15)8-4-6(9(20-8)10(16)14-2)5-11(12,13)21(17,18)19;1-20-7(15)5-3-4(6(22-5)8(16)21-2)9(11,12)10(13,14)23(17,18)19;;;;;/h13-15,17-18H,1-12H2,(H,26,28)(H,29,30,31);6-10H,1-5H2,(H,25,26,27);6-10H,5H2,1-4H3,(H,21,22,23);6,8-9H,3-5H2,1-2H3,(H,14,16)(H,17,18,19);4-6H,3H2,1-2H3,(H,17,18,19);5*1H3/q;;;;;5*+1. The van der Waals surface area contributed by atoms with Gasteiger partial charge in [0.15, 0.2) is 23.8 Å². The fourth-order valence-corrected chi connectivity index (χ4v) is 20.6. The number of esters is 8. The maximum atomic E-state index is 14.8. The Kier molecular flexibility index (Phi) is 48.9. The Morgan fingerprint density at radius 2 is 0.768 bits per heavy atom. The van der Waals surface area contributed by atoms with Gasteiger partial charge in [0.1, 0.15) is 45.4 Å². The highest BCUT2D eigenvalue weighted by atomic mass is 32.2. The molecule has 9 fully saturated rings. The molecular weight excluding hydrogens is 2130 g/mol. The molecule has 7 N–H and O–H groups in total. The quantitative estimate of drug-likeness (QED) is 0.0106. The number of hydrogen-bond acceptors (Lipinski definition) is 35. The highest BCUT2D eigenvalue weighted by Gasteiger charge is 2.77. The number of ketones is 2. The smallest absolute Gasteiger partial charge is 0.431 e. The van der Waals surface area contributed by atoms with Gasteiger partial charge in [-0.25, -0.2) is 19.2 Å². The highest BCUT2D eigenvalue weighted by Crippen LogP contribution is 2.58. The summed E-state index contributed by atoms with van der Waals surface area (Å²) in [5.41, 5.74) is 0. The zero-order chi connectivity index (χ0) is 105. The van der Waals surface area contributed by atoms with Crippen molar-refractivity contribution in [3.63, 3.8) is 0 Å². The van der Waals surface area contributed by atoms with E-state index >= 15 is 0 Å². The van der Waals surface area contributed by atoms with Crippen molar-refractivity contribution in [1.82, 2.24) is 10.6 Å². The van der Waals surface area contributed by atoms with E-state index in [0.29, 0.717) is 36.4 Å². The molecule has 0 aromatic carbocycles. The van der Waals surface area contributed by atoms with Gasteiger partial charge < -0.3 is 62.7 Å². The first-order chi connectivity index (χ1) is 62.4. The molecule has 9 rings (SSSR count). The van der Waals surface area contributed by atoms with Crippen LogP contribution in [0.1, 0.15) is 163 Å². The number of ether oxygens (including phenoxy) is 11. The van der Waals surface area contributed by atoms with Crippen molar-refractivity contribution < 1.29 is 254 Å². The predicted molar refractivity (Wildman–Crippen MR) is 454 cm³/mol. The van der Waals surface area contributed by atoms with Crippen molar-refractivity contribution in [3.05, 3.63) is 37.1 Å². The zero-order valence-corrected chi connectivity index (χ0v) is 83.3. The normalized spacial score (nSPS) is 26.5. The van der Waals surface area contributed by atoms with Crippen molar-refractivity contribution >= 4 is 145 Å². The van der Waals surface area contributed by atoms with Crippen LogP contribution in [0.5, 0.6) is 0 Å². The summed E-state index contributed by atoms with van der Waals surface area (Å²) in [5, 5.41) is -30.0. The molecule has 2 aliphatic carbocycles. The molecule has 9 aliphatic rings. The molecule has 820 valence electrons. The minimum absolute atomic E-state index is 0. The first-order valence-corrected chi connectivity index (χ1v) is 49.9. The summed E-state index contributed by atoms with van der Waals surface area (Å²) in [7, 11) is -28.7. The summed E-state index contributed by atoms with van der Waals surface area (Å²) < 4.78 is 456. The van der Waals surface area contributed by atoms with Crippen LogP contribution in [0.3, 0.4) is 0 Å². The summed E-state index contributed by atoms with van der Waals surface area (Å²) >= 11 is 0.633. The molecular formula is C77H111F18N2O38S7+5. The van der Waals surface area contributed by atoms with Crippen LogP contribution in [0.4, 0.5) is 79.0 Å². The van der Waals surface area contributed by atoms with Crippen molar-refractivity contribution in [2.75, 3.05) is 34.5 Å². The van der Waals surface area contributed by atoms with Crippen LogP contribution in [0.25, 0.3) is 0 Å². The van der Waals surface area contributed by atoms with Gasteiger partial charge in [0.2, 0.25) is 24.0 Å². The molecule has 17 unspecified atom stereocenters. The average molecular weight is 2240 g/mol. The fourth-order valence-electron chi connectivity index (χ4n) is 15.2. The third-order valence-corrected chi connectivity index (χ3v) is 30.0. The molecule has 2 amide bonds. The predicted octanol–water partition coefficient (Wildman–Crippen LogP) is 9.50. The summed E-state index contributed by atoms with van der Waals surface area (Å²) in [4.78, 5) is 143. The number of methoxy groups -OCH3 is 2. The molecule has 17 atom stereocenters. The van der Waals surface area contributed by atoms with E-state index < -0.39 is 310 Å². The largest absolute Gasteiger partial charge is 0.468 e. The second-order valence-corrected chi connectivity index (χ2v) is 42.7. The Morgan fingerprint density at radius 1 is 0.415 bits per heavy atom. The Hall–Kier alpha value is -7.74. The van der Waals surface area contributed by atoms with E-state index in [1.807, 2.05) is 0 Å². The van der Waals surface area contributed by atoms with Gasteiger partial charge in [-0.15, -0.1) is 23.5 Å². The zero-order valence-electron chi connectivity index (χ0n) is 77.6. The number of amides is 2. The van der Waals surface area contributed by atoms with E-state index in [0.717, 1.165) is 65.6 Å². The number of Topliss-reactive ketones (excluding diaryl/α,β-unsaturated/α-hetero) is 2. The van der Waals surface area contributed by atoms with Crippen molar-refractivity contribution in [2.24, 2.45) is 35.5 Å². The lowest BCUT2D eigenvalue weighted by atomic mass is 9.84. The van der Waals surface area contributed by atoms with Crippen LogP contribution in [0.15, 0.2) is 0 Å². The number of cyclic esters (lactones) is 2. The maximum Gasteiger partial charge on any atom is 0.431 e. The number of alkyl halides is 18. The Labute approximate surface area is 813 Å². The van der Waals surface area contributed by atoms with Crippen LogP contribution < -0.4 is 10.6 Å². The first kappa shape index (κ1) is 134. The lowest BCUT2D eigenvalue weighted by Crippen LogP contribution is -2.56. The SMILES string of the molecule is CC(C)OC(=O)C1CC(C(F)(F)C(F)(F)S(=O)(=O)O)C(C(=O)OC(C)C)S1.CCC(=O)C1CC(CC(F)(F)S(=O)(=O)O)C(C(=O)NC)O1.COC(=O)C1CC(C(F)(F)C(F)(F)S(=O)(=O)O)C(C(=O)OC)S1.O=C(CC1CCCCC1)C1CC(C(F)(F)C(F)(F)S(=O)(=O)O)C(C(=O)NC2CCCCC2)O1.O=C1OCCC1OC(=O)C1CC(C(F)(F)C(F)(F)S(=O)(=O)O)C(C(=O)OC2CCOC2=O)O1.[CH3+].[CH3+].[CH3+].[CH3+].[CH3+]. The minimum Gasteiger partial charge on any atom is -0.468 e. The molecule has 0 aromatic rings. The molecule has 7 aliphatic heterocycles. The number of carbonyl (C=O) groups is 12. The van der Waals surface area contributed by atoms with Gasteiger partial charge in [-0.2, -0.15) is 121 Å². The van der Waals surface area contributed by atoms with Crippen LogP contribution in [-0.4, -0.2) is 309 Å². The van der Waals surface area contributed by atoms with Gasteiger partial charge in [-0.05, 0) is 78.6 Å². The Balaban J connectivity index is 0.00000175. The summed E-state index contributed by atoms with van der Waals surface area (Å²) in [6, 6.07) is -0.344. The molecule has 7 heterocycles. The number of carbonyl (C=O) groups excluding carboxylic acids is 12. The molecule has 0 bridgehead atoms. The third-order valence-electron chi connectivity index (χ3n) is 22.3. The van der Waals surface area contributed by atoms with Crippen molar-refractivity contribution in [2.45, 2.75) is 301 Å². The fraction of sp³-hybridized carbons (Fsp3) is 0.779. The highest BCUT2D eigenvalue weighted by molar-refractivity contribution is 8.02. The number of thioether (sulfide) groups is 2. The van der Waals surface area contributed by atoms with Crippen molar-refractivity contribution in [3.8, 4) is 0 Å². The molecule has 0 spiro atoms. The summed E-state index contributed by atoms with van der Waals surface area (Å²) in [6.07, 6.45) is -13.0. The van der Waals surface area contributed by atoms with Gasteiger partial charge in [0, 0.05) is 88.2 Å². The number of rotatable bonds is 33. The monoisotopic (exact) mass is 2240 g/mol. The second kappa shape index (κ2) is 51.7. The van der Waals surface area contributed by atoms with Crippen LogP contribution in [0, 0.1) is 72.6 Å². The molecule has 7 saturated heterocycles. The topological polar surface area (TPSA) is 602 Å². The van der Waals surface area contributed by atoms with E-state index in [4.69, 9.17) is 51.2 Å². The van der Waals surface area contributed by atoms with Gasteiger partial charge in [-0.1, -0.05) is 58.3 Å².